The summed E-state index contributed by atoms with van der Waals surface area (Å²) < 4.78 is 15.4. The molecule has 1 N–H and O–H groups in total. The van der Waals surface area contributed by atoms with E-state index in [9.17, 15) is 9.59 Å². The molecule has 120 valence electrons. The van der Waals surface area contributed by atoms with Gasteiger partial charge in [-0.05, 0) is 25.0 Å². The summed E-state index contributed by atoms with van der Waals surface area (Å²) in [5.41, 5.74) is 0.741. The Bertz CT molecular complexity index is 679. The van der Waals surface area contributed by atoms with Gasteiger partial charge >= 0.3 is 12.0 Å². The first-order valence-corrected chi connectivity index (χ1v) is 7.19. The Morgan fingerprint density at radius 3 is 2.83 bits per heavy atom. The van der Waals surface area contributed by atoms with Crippen molar-refractivity contribution in [3.8, 4) is 11.5 Å². The number of aromatic nitrogens is 2. The van der Waals surface area contributed by atoms with E-state index in [0.29, 0.717) is 13.0 Å². The summed E-state index contributed by atoms with van der Waals surface area (Å²) in [6.45, 7) is 0.109. The van der Waals surface area contributed by atoms with Crippen molar-refractivity contribution in [2.75, 3.05) is 18.5 Å². The molecule has 1 aliphatic rings. The van der Waals surface area contributed by atoms with Gasteiger partial charge in [0.05, 0.1) is 0 Å². The first-order chi connectivity index (χ1) is 11.2. The molecule has 1 saturated heterocycles. The Morgan fingerprint density at radius 1 is 1.26 bits per heavy atom. The fourth-order valence-corrected chi connectivity index (χ4v) is 2.12. The molecular formula is C15H15N3O5. The number of hydrogen-bond donors (Lipinski definition) is 1. The molecule has 3 rings (SSSR count). The maximum absolute atomic E-state index is 11.7. The van der Waals surface area contributed by atoms with Crippen LogP contribution >= 0.6 is 0 Å². The number of nitrogens with one attached hydrogen (secondary N) is 1. The molecule has 0 aliphatic carbocycles. The molecule has 0 radical (unpaired) electrons. The Morgan fingerprint density at radius 2 is 2.09 bits per heavy atom. The van der Waals surface area contributed by atoms with Crippen LogP contribution in [0.25, 0.3) is 11.5 Å². The average molecular weight is 317 g/mol. The molecule has 1 aliphatic heterocycles. The van der Waals surface area contributed by atoms with Gasteiger partial charge in [0.15, 0.2) is 12.7 Å². The lowest BCUT2D eigenvalue weighted by molar-refractivity contribution is -0.156. The van der Waals surface area contributed by atoms with Gasteiger partial charge in [-0.2, -0.15) is 0 Å². The monoisotopic (exact) mass is 317 g/mol. The molecule has 2 heterocycles. The molecule has 0 unspecified atom stereocenters. The van der Waals surface area contributed by atoms with Gasteiger partial charge in [-0.25, -0.2) is 4.79 Å². The first kappa shape index (κ1) is 15.2. The number of esters is 1. The van der Waals surface area contributed by atoms with Gasteiger partial charge in [0.25, 0.3) is 5.91 Å². The van der Waals surface area contributed by atoms with Crippen LogP contribution in [0.1, 0.15) is 12.8 Å². The predicted molar refractivity (Wildman–Crippen MR) is 78.3 cm³/mol. The molecule has 0 bridgehead atoms. The molecule has 1 fully saturated rings. The zero-order chi connectivity index (χ0) is 16.1. The van der Waals surface area contributed by atoms with Crippen LogP contribution in [-0.2, 0) is 19.1 Å². The Labute approximate surface area is 131 Å². The summed E-state index contributed by atoms with van der Waals surface area (Å²) in [5.74, 6) is -0.801. The topological polar surface area (TPSA) is 104 Å². The van der Waals surface area contributed by atoms with Gasteiger partial charge < -0.3 is 13.9 Å². The number of anilines is 1. The van der Waals surface area contributed by atoms with Gasteiger partial charge in [0.2, 0.25) is 5.89 Å². The number of amides is 1. The second kappa shape index (κ2) is 7.01. The molecule has 8 heteroatoms. The number of ether oxygens (including phenoxy) is 2. The highest BCUT2D eigenvalue weighted by atomic mass is 16.6. The predicted octanol–water partition coefficient (Wildman–Crippen LogP) is 1.40. The summed E-state index contributed by atoms with van der Waals surface area (Å²) in [6.07, 6.45) is 0.858. The van der Waals surface area contributed by atoms with Crippen LogP contribution in [0, 0.1) is 0 Å². The van der Waals surface area contributed by atoms with Gasteiger partial charge in [-0.1, -0.05) is 23.3 Å². The minimum atomic E-state index is -0.573. The smallest absolute Gasteiger partial charge is 0.335 e. The van der Waals surface area contributed by atoms with Crippen molar-refractivity contribution < 1.29 is 23.5 Å². The van der Waals surface area contributed by atoms with E-state index in [-0.39, 0.29) is 11.9 Å². The van der Waals surface area contributed by atoms with E-state index >= 15 is 0 Å². The van der Waals surface area contributed by atoms with Gasteiger partial charge in [0, 0.05) is 12.2 Å². The van der Waals surface area contributed by atoms with E-state index in [1.807, 2.05) is 30.3 Å². The minimum Gasteiger partial charge on any atom is -0.454 e. The third-order valence-electron chi connectivity index (χ3n) is 3.23. The van der Waals surface area contributed by atoms with Crippen molar-refractivity contribution in [2.45, 2.75) is 18.9 Å². The maximum Gasteiger partial charge on any atom is 0.335 e. The number of hydrogen-bond acceptors (Lipinski definition) is 7. The molecule has 1 aromatic carbocycles. The molecule has 8 nitrogen and oxygen atoms in total. The number of benzene rings is 1. The van der Waals surface area contributed by atoms with E-state index < -0.39 is 24.6 Å². The molecule has 2 aromatic rings. The standard InChI is InChI=1S/C15H15N3O5/c19-12(9-22-14(20)11-7-4-8-21-11)16-15-18-17-13(23-15)10-5-2-1-3-6-10/h1-3,5-6,11H,4,7-9H2,(H,16,18,19)/t11-/m1/s1. The van der Waals surface area contributed by atoms with Gasteiger partial charge in [-0.15, -0.1) is 5.10 Å². The molecular weight excluding hydrogens is 302 g/mol. The van der Waals surface area contributed by atoms with Crippen molar-refractivity contribution in [1.82, 2.24) is 10.2 Å². The highest BCUT2D eigenvalue weighted by molar-refractivity contribution is 5.91. The molecule has 1 aromatic heterocycles. The third-order valence-corrected chi connectivity index (χ3v) is 3.23. The molecule has 0 saturated carbocycles. The van der Waals surface area contributed by atoms with Gasteiger partial charge in [-0.3, -0.25) is 10.1 Å². The summed E-state index contributed by atoms with van der Waals surface area (Å²) in [7, 11) is 0. The fraction of sp³-hybridized carbons (Fsp3) is 0.333. The van der Waals surface area contributed by atoms with E-state index in [0.717, 1.165) is 12.0 Å². The number of carbonyl (C=O) groups excluding carboxylic acids is 2. The highest BCUT2D eigenvalue weighted by Gasteiger charge is 2.25. The lowest BCUT2D eigenvalue weighted by atomic mass is 10.2. The lowest BCUT2D eigenvalue weighted by Gasteiger charge is -2.08. The second-order valence-corrected chi connectivity index (χ2v) is 4.94. The van der Waals surface area contributed by atoms with Crippen molar-refractivity contribution in [2.24, 2.45) is 0 Å². The quantitative estimate of drug-likeness (QED) is 0.831. The Kier molecular flexibility index (Phi) is 4.62. The number of carbonyl (C=O) groups is 2. The Hall–Kier alpha value is -2.74. The van der Waals surface area contributed by atoms with E-state index in [2.05, 4.69) is 15.5 Å². The average Bonchev–Trinajstić information content (AvgIpc) is 3.25. The number of nitrogens with zero attached hydrogens (tertiary/aromatic N) is 2. The fourth-order valence-electron chi connectivity index (χ4n) is 2.12. The normalized spacial score (nSPS) is 17.0. The molecule has 1 atom stereocenters. The van der Waals surface area contributed by atoms with Crippen molar-refractivity contribution in [1.29, 1.82) is 0 Å². The van der Waals surface area contributed by atoms with Crippen LogP contribution in [0.5, 0.6) is 0 Å². The summed E-state index contributed by atoms with van der Waals surface area (Å²) in [5, 5.41) is 9.94. The molecule has 23 heavy (non-hydrogen) atoms. The Balaban J connectivity index is 1.50. The molecule has 1 amide bonds. The van der Waals surface area contributed by atoms with E-state index in [1.165, 1.54) is 0 Å². The van der Waals surface area contributed by atoms with Crippen LogP contribution in [0.2, 0.25) is 0 Å². The largest absolute Gasteiger partial charge is 0.454 e. The third kappa shape index (κ3) is 3.92. The number of rotatable bonds is 5. The SMILES string of the molecule is O=C(COC(=O)[C@H]1CCCO1)Nc1nnc(-c2ccccc2)o1. The zero-order valence-electron chi connectivity index (χ0n) is 12.2. The minimum absolute atomic E-state index is 0.0537. The lowest BCUT2D eigenvalue weighted by Crippen LogP contribution is -2.27. The van der Waals surface area contributed by atoms with Crippen molar-refractivity contribution in [3.63, 3.8) is 0 Å². The molecule has 0 spiro atoms. The maximum atomic E-state index is 11.7. The van der Waals surface area contributed by atoms with Crippen LogP contribution in [0.3, 0.4) is 0 Å². The van der Waals surface area contributed by atoms with E-state index in [1.54, 1.807) is 0 Å². The zero-order valence-corrected chi connectivity index (χ0v) is 12.2. The van der Waals surface area contributed by atoms with Crippen molar-refractivity contribution >= 4 is 17.9 Å². The second-order valence-electron chi connectivity index (χ2n) is 4.94. The van der Waals surface area contributed by atoms with Crippen LogP contribution in [0.4, 0.5) is 6.01 Å². The summed E-state index contributed by atoms with van der Waals surface area (Å²) in [4.78, 5) is 23.3. The van der Waals surface area contributed by atoms with Gasteiger partial charge in [0.1, 0.15) is 0 Å². The van der Waals surface area contributed by atoms with E-state index in [4.69, 9.17) is 13.9 Å². The van der Waals surface area contributed by atoms with Crippen LogP contribution in [0.15, 0.2) is 34.7 Å². The first-order valence-electron chi connectivity index (χ1n) is 7.19. The summed E-state index contributed by atoms with van der Waals surface area (Å²) >= 11 is 0. The van der Waals surface area contributed by atoms with Crippen LogP contribution in [-0.4, -0.2) is 41.4 Å². The van der Waals surface area contributed by atoms with Crippen molar-refractivity contribution in [3.05, 3.63) is 30.3 Å². The van der Waals surface area contributed by atoms with Crippen LogP contribution < -0.4 is 5.32 Å². The summed E-state index contributed by atoms with van der Waals surface area (Å²) in [6, 6.07) is 9.10. The highest BCUT2D eigenvalue weighted by Crippen LogP contribution is 2.19.